The van der Waals surface area contributed by atoms with Crippen LogP contribution >= 0.6 is 0 Å². The zero-order chi connectivity index (χ0) is 35.1. The molecule has 5 aromatic carbocycles. The molecule has 0 aromatic heterocycles. The molecule has 0 aliphatic carbocycles. The third-order valence-electron chi connectivity index (χ3n) is 11.0. The molecule has 0 amide bonds. The molecule has 5 rings (SSSR count). The average Bonchev–Trinajstić information content (AvgIpc) is 3.13. The standard InChI is InChI=1S/C31H28B.C16H36N/c1-23-11-17-27(18-12-23)32(28-19-13-24(2)14-20-28,29-21-15-25(3)16-22-29)31-10-6-8-26-7-4-5-9-30(26)31;1-5-9-13-17(14-10-6-2,15-11-7-3)16-12-8-4/h4-22H,1-3H3;5-16H2,1-4H3/q-1;+1. The minimum atomic E-state index is -1.37. The summed E-state index contributed by atoms with van der Waals surface area (Å²) in [5, 5.41) is 2.60. The number of nitrogens with zero attached hydrogens (tertiary/aromatic N) is 1. The molecule has 0 bridgehead atoms. The van der Waals surface area contributed by atoms with Crippen molar-refractivity contribution in [3.8, 4) is 0 Å². The van der Waals surface area contributed by atoms with E-state index in [1.54, 1.807) is 0 Å². The SMILES string of the molecule is CCCC[N+](CCCC)(CCCC)CCCC.Cc1ccc([B-](c2ccc(C)cc2)(c2ccc(C)cc2)c2cccc3ccccc23)cc1. The molecule has 5 aromatic rings. The summed E-state index contributed by atoms with van der Waals surface area (Å²) in [5.74, 6) is 0. The third kappa shape index (κ3) is 9.55. The quantitative estimate of drug-likeness (QED) is 0.0735. The lowest BCUT2D eigenvalue weighted by atomic mass is 9.12. The van der Waals surface area contributed by atoms with Crippen LogP contribution in [0.4, 0.5) is 0 Å². The molecule has 49 heavy (non-hydrogen) atoms. The fourth-order valence-electron chi connectivity index (χ4n) is 7.95. The molecule has 2 heteroatoms. The number of fused-ring (bicyclic) bond motifs is 1. The lowest BCUT2D eigenvalue weighted by molar-refractivity contribution is -0.929. The Balaban J connectivity index is 0.000000272. The van der Waals surface area contributed by atoms with Gasteiger partial charge in [-0.05, 0) is 51.8 Å². The number of rotatable bonds is 16. The first-order valence-electron chi connectivity index (χ1n) is 19.5. The van der Waals surface area contributed by atoms with Crippen LogP contribution in [0.5, 0.6) is 0 Å². The lowest BCUT2D eigenvalue weighted by Crippen LogP contribution is -2.74. The van der Waals surface area contributed by atoms with Gasteiger partial charge in [-0.25, -0.2) is 0 Å². The normalized spacial score (nSPS) is 11.7. The highest BCUT2D eigenvalue weighted by molar-refractivity contribution is 7.20. The Labute approximate surface area is 300 Å². The molecule has 0 unspecified atom stereocenters. The van der Waals surface area contributed by atoms with Gasteiger partial charge in [0.1, 0.15) is 6.15 Å². The van der Waals surface area contributed by atoms with Crippen LogP contribution in [-0.4, -0.2) is 36.8 Å². The molecule has 0 N–H and O–H groups in total. The van der Waals surface area contributed by atoms with Gasteiger partial charge < -0.3 is 4.48 Å². The summed E-state index contributed by atoms with van der Waals surface area (Å²) in [6, 6.07) is 43.0. The highest BCUT2D eigenvalue weighted by atomic mass is 15.3. The number of benzene rings is 5. The predicted octanol–water partition coefficient (Wildman–Crippen LogP) is 10.1. The Bertz CT molecular complexity index is 1510. The first kappa shape index (κ1) is 38.2. The Morgan fingerprint density at radius 3 is 1.12 bits per heavy atom. The number of aryl methyl sites for hydroxylation is 3. The van der Waals surface area contributed by atoms with Crippen LogP contribution in [0.15, 0.2) is 115 Å². The van der Waals surface area contributed by atoms with Gasteiger partial charge in [-0.15, -0.1) is 0 Å². The minimum absolute atomic E-state index is 1.28. The molecule has 260 valence electrons. The van der Waals surface area contributed by atoms with E-state index in [9.17, 15) is 0 Å². The van der Waals surface area contributed by atoms with Crippen LogP contribution in [0.25, 0.3) is 10.8 Å². The zero-order valence-electron chi connectivity index (χ0n) is 32.0. The molecular weight excluding hydrogens is 589 g/mol. The summed E-state index contributed by atoms with van der Waals surface area (Å²) in [7, 11) is 0. The fourth-order valence-corrected chi connectivity index (χ4v) is 7.95. The van der Waals surface area contributed by atoms with E-state index in [4.69, 9.17) is 0 Å². The van der Waals surface area contributed by atoms with Gasteiger partial charge in [0.25, 0.3) is 0 Å². The molecule has 0 aliphatic heterocycles. The van der Waals surface area contributed by atoms with Gasteiger partial charge in [0, 0.05) is 0 Å². The lowest BCUT2D eigenvalue weighted by Gasteiger charge is -2.45. The van der Waals surface area contributed by atoms with Crippen molar-refractivity contribution in [1.29, 1.82) is 0 Å². The van der Waals surface area contributed by atoms with E-state index in [-0.39, 0.29) is 0 Å². The maximum absolute atomic E-state index is 2.34. The minimum Gasteiger partial charge on any atom is -0.324 e. The van der Waals surface area contributed by atoms with Gasteiger partial charge in [0.15, 0.2) is 0 Å². The van der Waals surface area contributed by atoms with E-state index in [0.717, 1.165) is 0 Å². The summed E-state index contributed by atoms with van der Waals surface area (Å²) >= 11 is 0. The monoisotopic (exact) mass is 654 g/mol. The predicted molar refractivity (Wildman–Crippen MR) is 221 cm³/mol. The van der Waals surface area contributed by atoms with Gasteiger partial charge >= 0.3 is 0 Å². The molecule has 0 saturated carbocycles. The van der Waals surface area contributed by atoms with Crippen LogP contribution in [0.1, 0.15) is 95.8 Å². The van der Waals surface area contributed by atoms with Crippen LogP contribution < -0.4 is 21.9 Å². The van der Waals surface area contributed by atoms with E-state index in [2.05, 4.69) is 164 Å². The van der Waals surface area contributed by atoms with Gasteiger partial charge in [0.05, 0.1) is 26.2 Å². The first-order chi connectivity index (χ1) is 23.8. The van der Waals surface area contributed by atoms with Crippen LogP contribution in [0, 0.1) is 20.8 Å². The first-order valence-corrected chi connectivity index (χ1v) is 19.5. The maximum atomic E-state index is 2.34. The summed E-state index contributed by atoms with van der Waals surface area (Å²) in [6.07, 6.45) is 9.69. The van der Waals surface area contributed by atoms with Gasteiger partial charge in [0.2, 0.25) is 0 Å². The molecule has 0 atom stereocenters. The maximum Gasteiger partial charge on any atom is 0.108 e. The summed E-state index contributed by atoms with van der Waals surface area (Å²) in [6.45, 7) is 21.5. The van der Waals surface area contributed by atoms with E-state index in [1.807, 2.05) is 0 Å². The fraction of sp³-hybridized carbons (Fsp3) is 0.404. The average molecular weight is 654 g/mol. The van der Waals surface area contributed by atoms with Crippen molar-refractivity contribution < 1.29 is 4.48 Å². The summed E-state index contributed by atoms with van der Waals surface area (Å²) in [5.41, 5.74) is 9.26. The Morgan fingerprint density at radius 1 is 0.408 bits per heavy atom. The molecule has 0 aliphatic rings. The topological polar surface area (TPSA) is 0 Å². The van der Waals surface area contributed by atoms with Crippen molar-refractivity contribution in [3.05, 3.63) is 132 Å². The second-order valence-corrected chi connectivity index (χ2v) is 14.8. The van der Waals surface area contributed by atoms with Crippen molar-refractivity contribution in [1.82, 2.24) is 0 Å². The number of unbranched alkanes of at least 4 members (excludes halogenated alkanes) is 4. The molecule has 0 heterocycles. The van der Waals surface area contributed by atoms with E-state index >= 15 is 0 Å². The smallest absolute Gasteiger partial charge is 0.108 e. The van der Waals surface area contributed by atoms with Crippen molar-refractivity contribution >= 4 is 38.8 Å². The highest BCUT2D eigenvalue weighted by Crippen LogP contribution is 2.19. The van der Waals surface area contributed by atoms with E-state index in [0.29, 0.717) is 0 Å². The van der Waals surface area contributed by atoms with Gasteiger partial charge in [-0.1, -0.05) is 191 Å². The van der Waals surface area contributed by atoms with Crippen molar-refractivity contribution in [2.75, 3.05) is 26.2 Å². The van der Waals surface area contributed by atoms with Crippen LogP contribution in [0.2, 0.25) is 0 Å². The second kappa shape index (κ2) is 19.0. The summed E-state index contributed by atoms with van der Waals surface area (Å²) < 4.78 is 1.42. The van der Waals surface area contributed by atoms with Crippen LogP contribution in [0.3, 0.4) is 0 Å². The second-order valence-electron chi connectivity index (χ2n) is 14.8. The van der Waals surface area contributed by atoms with Crippen molar-refractivity contribution in [2.24, 2.45) is 0 Å². The van der Waals surface area contributed by atoms with Crippen molar-refractivity contribution in [2.45, 2.75) is 99.8 Å². The molecule has 0 radical (unpaired) electrons. The Hall–Kier alpha value is -3.62. The highest BCUT2D eigenvalue weighted by Gasteiger charge is 2.33. The van der Waals surface area contributed by atoms with Gasteiger partial charge in [-0.2, -0.15) is 21.9 Å². The molecule has 0 fully saturated rings. The van der Waals surface area contributed by atoms with E-state index < -0.39 is 6.15 Å². The zero-order valence-corrected chi connectivity index (χ0v) is 32.0. The third-order valence-corrected chi connectivity index (χ3v) is 11.0. The number of hydrogen-bond acceptors (Lipinski definition) is 0. The largest absolute Gasteiger partial charge is 0.324 e. The molecular formula is C47H64BN. The van der Waals surface area contributed by atoms with Crippen LogP contribution in [-0.2, 0) is 0 Å². The molecule has 1 nitrogen and oxygen atoms in total. The molecule has 0 saturated heterocycles. The number of quaternary nitrogens is 1. The Kier molecular flexibility index (Phi) is 14.8. The Morgan fingerprint density at radius 2 is 0.755 bits per heavy atom. The van der Waals surface area contributed by atoms with Crippen molar-refractivity contribution in [3.63, 3.8) is 0 Å². The van der Waals surface area contributed by atoms with Gasteiger partial charge in [-0.3, -0.25) is 0 Å². The molecule has 0 spiro atoms. The summed E-state index contributed by atoms with van der Waals surface area (Å²) in [4.78, 5) is 0. The van der Waals surface area contributed by atoms with E-state index in [1.165, 1.54) is 131 Å². The number of hydrogen-bond donors (Lipinski definition) is 0.